The number of rotatable bonds is 2. The van der Waals surface area contributed by atoms with Crippen molar-refractivity contribution in [1.29, 1.82) is 0 Å². The summed E-state index contributed by atoms with van der Waals surface area (Å²) in [6.45, 7) is 1.09. The standard InChI is InChI=1S/C17H13ClN2O3/c18-11-2-3-14(21)12(8-11)17-13(9-19-20-17)10-1-4-15-16(7-10)23-6-5-22-15/h1-4,7-9,21H,5-6H2,(H,19,20). The number of hydrogen-bond acceptors (Lipinski definition) is 4. The summed E-state index contributed by atoms with van der Waals surface area (Å²) in [6.07, 6.45) is 1.78. The van der Waals surface area contributed by atoms with Crippen molar-refractivity contribution in [1.82, 2.24) is 10.2 Å². The summed E-state index contributed by atoms with van der Waals surface area (Å²) in [7, 11) is 0. The lowest BCUT2D eigenvalue weighted by molar-refractivity contribution is 0.171. The number of halogens is 1. The molecule has 2 heterocycles. The molecule has 0 unspecified atom stereocenters. The molecule has 0 fully saturated rings. The number of fused-ring (bicyclic) bond motifs is 1. The zero-order chi connectivity index (χ0) is 15.8. The van der Waals surface area contributed by atoms with Crippen LogP contribution in [0.1, 0.15) is 0 Å². The summed E-state index contributed by atoms with van der Waals surface area (Å²) in [4.78, 5) is 0. The molecule has 116 valence electrons. The van der Waals surface area contributed by atoms with Gasteiger partial charge in [-0.1, -0.05) is 17.7 Å². The van der Waals surface area contributed by atoms with Gasteiger partial charge in [0.05, 0.1) is 0 Å². The van der Waals surface area contributed by atoms with Crippen molar-refractivity contribution in [2.75, 3.05) is 13.2 Å². The summed E-state index contributed by atoms with van der Waals surface area (Å²) in [6, 6.07) is 10.6. The minimum absolute atomic E-state index is 0.125. The van der Waals surface area contributed by atoms with Gasteiger partial charge in [0, 0.05) is 22.3 Å². The van der Waals surface area contributed by atoms with Crippen molar-refractivity contribution in [3.05, 3.63) is 47.6 Å². The molecule has 1 aromatic heterocycles. The topological polar surface area (TPSA) is 67.4 Å². The van der Waals surface area contributed by atoms with Gasteiger partial charge in [0.25, 0.3) is 0 Å². The molecule has 6 heteroatoms. The molecule has 0 aliphatic carbocycles. The van der Waals surface area contributed by atoms with Crippen LogP contribution in [0, 0.1) is 0 Å². The van der Waals surface area contributed by atoms with Crippen LogP contribution >= 0.6 is 11.6 Å². The van der Waals surface area contributed by atoms with Crippen molar-refractivity contribution in [2.24, 2.45) is 0 Å². The number of nitrogens with zero attached hydrogens (tertiary/aromatic N) is 1. The number of benzene rings is 2. The second kappa shape index (κ2) is 5.52. The summed E-state index contributed by atoms with van der Waals surface area (Å²) in [5.74, 6) is 1.56. The smallest absolute Gasteiger partial charge is 0.161 e. The predicted molar refractivity (Wildman–Crippen MR) is 87.1 cm³/mol. The van der Waals surface area contributed by atoms with Crippen LogP contribution in [0.4, 0.5) is 0 Å². The van der Waals surface area contributed by atoms with E-state index in [0.717, 1.165) is 16.9 Å². The first-order chi connectivity index (χ1) is 11.2. The van der Waals surface area contributed by atoms with Gasteiger partial charge in [0.2, 0.25) is 0 Å². The maximum Gasteiger partial charge on any atom is 0.161 e. The number of aromatic hydroxyl groups is 1. The second-order valence-corrected chi connectivity index (χ2v) is 5.60. The lowest BCUT2D eigenvalue weighted by Gasteiger charge is -2.18. The van der Waals surface area contributed by atoms with Crippen LogP contribution in [0.3, 0.4) is 0 Å². The molecule has 23 heavy (non-hydrogen) atoms. The molecule has 2 aromatic carbocycles. The first-order valence-corrected chi connectivity index (χ1v) is 7.53. The zero-order valence-corrected chi connectivity index (χ0v) is 12.8. The van der Waals surface area contributed by atoms with E-state index in [1.807, 2.05) is 18.2 Å². The molecule has 0 saturated carbocycles. The minimum atomic E-state index is 0.125. The van der Waals surface area contributed by atoms with Gasteiger partial charge in [-0.05, 0) is 35.9 Å². The third kappa shape index (κ3) is 2.49. The maximum absolute atomic E-state index is 10.1. The lowest BCUT2D eigenvalue weighted by Crippen LogP contribution is -2.15. The van der Waals surface area contributed by atoms with Crippen LogP contribution in [0.15, 0.2) is 42.6 Å². The Hall–Kier alpha value is -2.66. The Balaban J connectivity index is 1.82. The van der Waals surface area contributed by atoms with Crippen LogP contribution in [-0.4, -0.2) is 28.5 Å². The molecule has 1 aliphatic heterocycles. The van der Waals surface area contributed by atoms with Crippen LogP contribution in [-0.2, 0) is 0 Å². The fourth-order valence-electron chi connectivity index (χ4n) is 2.62. The van der Waals surface area contributed by atoms with Crippen molar-refractivity contribution >= 4 is 11.6 Å². The van der Waals surface area contributed by atoms with Crippen LogP contribution < -0.4 is 9.47 Å². The van der Waals surface area contributed by atoms with E-state index in [1.54, 1.807) is 24.4 Å². The summed E-state index contributed by atoms with van der Waals surface area (Å²) in [5, 5.41) is 17.8. The minimum Gasteiger partial charge on any atom is -0.507 e. The molecule has 5 nitrogen and oxygen atoms in total. The Kier molecular flexibility index (Phi) is 3.35. The highest BCUT2D eigenvalue weighted by atomic mass is 35.5. The fourth-order valence-corrected chi connectivity index (χ4v) is 2.80. The number of ether oxygens (including phenoxy) is 2. The summed E-state index contributed by atoms with van der Waals surface area (Å²) < 4.78 is 11.2. The number of nitrogens with one attached hydrogen (secondary N) is 1. The third-order valence-electron chi connectivity index (χ3n) is 3.71. The Morgan fingerprint density at radius 1 is 1.00 bits per heavy atom. The van der Waals surface area contributed by atoms with Gasteiger partial charge in [-0.15, -0.1) is 0 Å². The quantitative estimate of drug-likeness (QED) is 0.749. The normalized spacial score (nSPS) is 13.1. The van der Waals surface area contributed by atoms with E-state index in [0.29, 0.717) is 35.2 Å². The first kappa shape index (κ1) is 14.0. The van der Waals surface area contributed by atoms with Crippen LogP contribution in [0.2, 0.25) is 5.02 Å². The highest BCUT2D eigenvalue weighted by molar-refractivity contribution is 6.31. The van der Waals surface area contributed by atoms with Crippen LogP contribution in [0.25, 0.3) is 22.4 Å². The fraction of sp³-hybridized carbons (Fsp3) is 0.118. The van der Waals surface area contributed by atoms with E-state index >= 15 is 0 Å². The van der Waals surface area contributed by atoms with E-state index in [9.17, 15) is 5.11 Å². The number of aromatic amines is 1. The Morgan fingerprint density at radius 3 is 2.70 bits per heavy atom. The molecule has 1 aliphatic rings. The van der Waals surface area contributed by atoms with Crippen LogP contribution in [0.5, 0.6) is 17.2 Å². The van der Waals surface area contributed by atoms with Gasteiger partial charge in [-0.25, -0.2) is 0 Å². The first-order valence-electron chi connectivity index (χ1n) is 7.15. The predicted octanol–water partition coefficient (Wildman–Crippen LogP) is 3.87. The molecular formula is C17H13ClN2O3. The van der Waals surface area contributed by atoms with Gasteiger partial charge in [0.15, 0.2) is 11.5 Å². The SMILES string of the molecule is Oc1ccc(Cl)cc1-c1n[nH]cc1-c1ccc2c(c1)OCCO2. The molecule has 3 aromatic rings. The second-order valence-electron chi connectivity index (χ2n) is 5.17. The van der Waals surface area contributed by atoms with Gasteiger partial charge < -0.3 is 14.6 Å². The molecule has 0 bridgehead atoms. The monoisotopic (exact) mass is 328 g/mol. The molecule has 0 saturated heterocycles. The van der Waals surface area contributed by atoms with E-state index < -0.39 is 0 Å². The molecule has 0 spiro atoms. The number of aromatic nitrogens is 2. The number of phenolic OH excluding ortho intramolecular Hbond substituents is 1. The molecule has 0 atom stereocenters. The molecule has 0 amide bonds. The van der Waals surface area contributed by atoms with E-state index in [4.69, 9.17) is 21.1 Å². The van der Waals surface area contributed by atoms with E-state index in [1.165, 1.54) is 0 Å². The summed E-state index contributed by atoms with van der Waals surface area (Å²) >= 11 is 6.04. The van der Waals surface area contributed by atoms with Crippen molar-refractivity contribution in [3.8, 4) is 39.6 Å². The van der Waals surface area contributed by atoms with Gasteiger partial charge in [-0.2, -0.15) is 5.10 Å². The Labute approximate surface area is 137 Å². The van der Waals surface area contributed by atoms with E-state index in [2.05, 4.69) is 10.2 Å². The Bertz CT molecular complexity index is 876. The highest BCUT2D eigenvalue weighted by Gasteiger charge is 2.17. The van der Waals surface area contributed by atoms with Gasteiger partial charge in [0.1, 0.15) is 24.7 Å². The Morgan fingerprint density at radius 2 is 1.83 bits per heavy atom. The number of hydrogen-bond donors (Lipinski definition) is 2. The highest BCUT2D eigenvalue weighted by Crippen LogP contribution is 2.40. The average molecular weight is 329 g/mol. The van der Waals surface area contributed by atoms with E-state index in [-0.39, 0.29) is 5.75 Å². The molecule has 0 radical (unpaired) electrons. The van der Waals surface area contributed by atoms with Crippen molar-refractivity contribution in [3.63, 3.8) is 0 Å². The largest absolute Gasteiger partial charge is 0.507 e. The van der Waals surface area contributed by atoms with Crippen molar-refractivity contribution < 1.29 is 14.6 Å². The zero-order valence-electron chi connectivity index (χ0n) is 12.0. The number of H-pyrrole nitrogens is 1. The molecule has 2 N–H and O–H groups in total. The molecule has 4 rings (SSSR count). The van der Waals surface area contributed by atoms with Gasteiger partial charge in [-0.3, -0.25) is 5.10 Å². The number of phenols is 1. The van der Waals surface area contributed by atoms with Crippen molar-refractivity contribution in [2.45, 2.75) is 0 Å². The summed E-state index contributed by atoms with van der Waals surface area (Å²) in [5.41, 5.74) is 2.96. The lowest BCUT2D eigenvalue weighted by atomic mass is 10.0. The maximum atomic E-state index is 10.1. The third-order valence-corrected chi connectivity index (χ3v) is 3.94. The molecular weight excluding hydrogens is 316 g/mol. The average Bonchev–Trinajstić information content (AvgIpc) is 3.06. The van der Waals surface area contributed by atoms with Gasteiger partial charge >= 0.3 is 0 Å².